The number of rotatable bonds is 4. The Morgan fingerprint density at radius 2 is 1.90 bits per heavy atom. The number of nitrogens with zero attached hydrogens (tertiary/aromatic N) is 3. The van der Waals surface area contributed by atoms with Crippen LogP contribution in [0.5, 0.6) is 0 Å². The minimum Gasteiger partial charge on any atom is -0.345 e. The van der Waals surface area contributed by atoms with Gasteiger partial charge in [0.25, 0.3) is 5.91 Å². The Balaban J connectivity index is 2.06. The normalized spacial score (nSPS) is 11.4. The summed E-state index contributed by atoms with van der Waals surface area (Å²) in [6, 6.07) is 8.96. The van der Waals surface area contributed by atoms with Crippen LogP contribution in [-0.4, -0.2) is 28.8 Å². The highest BCUT2D eigenvalue weighted by Gasteiger charge is 2.35. The smallest absolute Gasteiger partial charge is 0.345 e. The van der Waals surface area contributed by atoms with Crippen LogP contribution < -0.4 is 10.2 Å². The number of hydrogen-bond donors (Lipinski definition) is 1. The molecule has 2 heterocycles. The summed E-state index contributed by atoms with van der Waals surface area (Å²) in [5.41, 5.74) is -0.339. The molecule has 0 saturated carbocycles. The first kappa shape index (κ1) is 21.2. The van der Waals surface area contributed by atoms with Gasteiger partial charge < -0.3 is 10.2 Å². The van der Waals surface area contributed by atoms with Crippen molar-refractivity contribution in [2.24, 2.45) is 0 Å². The predicted octanol–water partition coefficient (Wildman–Crippen LogP) is 3.87. The molecule has 1 N–H and O–H groups in total. The molecular formula is C21H19F3N4O2. The number of amides is 2. The monoisotopic (exact) mass is 416 g/mol. The molecule has 0 bridgehead atoms. The van der Waals surface area contributed by atoms with Crippen molar-refractivity contribution in [1.29, 1.82) is 0 Å². The third kappa shape index (κ3) is 4.40. The molecule has 30 heavy (non-hydrogen) atoms. The third-order valence-corrected chi connectivity index (χ3v) is 4.66. The van der Waals surface area contributed by atoms with E-state index in [0.717, 1.165) is 11.0 Å². The molecule has 156 valence electrons. The van der Waals surface area contributed by atoms with E-state index in [-0.39, 0.29) is 28.8 Å². The van der Waals surface area contributed by atoms with Gasteiger partial charge in [0.1, 0.15) is 5.69 Å². The number of benzene rings is 1. The summed E-state index contributed by atoms with van der Waals surface area (Å²) in [5, 5.41) is 2.83. The number of aryl methyl sites for hydroxylation is 1. The van der Waals surface area contributed by atoms with E-state index in [9.17, 15) is 22.8 Å². The minimum atomic E-state index is -4.71. The van der Waals surface area contributed by atoms with Crippen molar-refractivity contribution in [1.82, 2.24) is 15.3 Å². The molecule has 9 heteroatoms. The number of aromatic nitrogens is 2. The first-order valence-corrected chi connectivity index (χ1v) is 9.03. The summed E-state index contributed by atoms with van der Waals surface area (Å²) < 4.78 is 41.2. The van der Waals surface area contributed by atoms with Crippen LogP contribution in [0.1, 0.15) is 34.2 Å². The molecule has 0 atom stereocenters. The summed E-state index contributed by atoms with van der Waals surface area (Å²) in [5.74, 6) is -1.01. The van der Waals surface area contributed by atoms with Crippen LogP contribution >= 0.6 is 0 Å². The molecule has 0 aliphatic heterocycles. The number of halogens is 3. The number of carbonyl (C=O) groups excluding carboxylic acids is 2. The Morgan fingerprint density at radius 3 is 2.50 bits per heavy atom. The fourth-order valence-electron chi connectivity index (χ4n) is 2.95. The topological polar surface area (TPSA) is 75.2 Å². The lowest BCUT2D eigenvalue weighted by molar-refractivity contribution is -0.136. The highest BCUT2D eigenvalue weighted by atomic mass is 19.4. The van der Waals surface area contributed by atoms with Gasteiger partial charge in [0.2, 0.25) is 5.91 Å². The predicted molar refractivity (Wildman–Crippen MR) is 106 cm³/mol. The quantitative estimate of drug-likeness (QED) is 0.701. The molecule has 0 spiro atoms. The van der Waals surface area contributed by atoms with Crippen LogP contribution in [0, 0.1) is 6.92 Å². The largest absolute Gasteiger partial charge is 0.418 e. The van der Waals surface area contributed by atoms with E-state index >= 15 is 0 Å². The van der Waals surface area contributed by atoms with E-state index < -0.39 is 23.6 Å². The van der Waals surface area contributed by atoms with Crippen LogP contribution in [0.4, 0.5) is 18.9 Å². The summed E-state index contributed by atoms with van der Waals surface area (Å²) in [6.07, 6.45) is -3.14. The Labute approximate surface area is 170 Å². The lowest BCUT2D eigenvalue weighted by atomic mass is 10.0. The number of hydrogen-bond acceptors (Lipinski definition) is 4. The number of carbonyl (C=O) groups is 2. The zero-order valence-electron chi connectivity index (χ0n) is 16.5. The molecule has 6 nitrogen and oxygen atoms in total. The third-order valence-electron chi connectivity index (χ3n) is 4.66. The molecule has 0 saturated heterocycles. The van der Waals surface area contributed by atoms with Crippen molar-refractivity contribution in [3.8, 4) is 0 Å². The molecule has 3 aromatic rings. The molecule has 0 fully saturated rings. The van der Waals surface area contributed by atoms with E-state index in [1.165, 1.54) is 26.1 Å². The Morgan fingerprint density at radius 1 is 1.17 bits per heavy atom. The lowest BCUT2D eigenvalue weighted by Crippen LogP contribution is -2.25. The summed E-state index contributed by atoms with van der Waals surface area (Å²) in [6.45, 7) is 2.97. The van der Waals surface area contributed by atoms with Gasteiger partial charge in [-0.15, -0.1) is 0 Å². The van der Waals surface area contributed by atoms with Crippen molar-refractivity contribution in [3.63, 3.8) is 0 Å². The Hall–Kier alpha value is -3.49. The van der Waals surface area contributed by atoms with Crippen LogP contribution in [0.3, 0.4) is 0 Å². The molecule has 0 radical (unpaired) electrons. The van der Waals surface area contributed by atoms with E-state index in [1.54, 1.807) is 31.3 Å². The SMILES string of the molecule is CC(=O)N(C)c1cc(C(F)(F)F)c2nc(C(=O)NCc3ccccn3)cc(C)c2c1. The molecule has 3 rings (SSSR count). The fourth-order valence-corrected chi connectivity index (χ4v) is 2.95. The summed E-state index contributed by atoms with van der Waals surface area (Å²) in [7, 11) is 1.39. The Kier molecular flexibility index (Phi) is 5.73. The molecule has 0 unspecified atom stereocenters. The first-order valence-electron chi connectivity index (χ1n) is 9.03. The molecule has 1 aromatic carbocycles. The lowest BCUT2D eigenvalue weighted by Gasteiger charge is -2.20. The van der Waals surface area contributed by atoms with Gasteiger partial charge in [-0.25, -0.2) is 4.98 Å². The number of pyridine rings is 2. The minimum absolute atomic E-state index is 0.0968. The number of alkyl halides is 3. The van der Waals surface area contributed by atoms with Gasteiger partial charge >= 0.3 is 6.18 Å². The van der Waals surface area contributed by atoms with Crippen molar-refractivity contribution in [3.05, 3.63) is 65.1 Å². The number of fused-ring (bicyclic) bond motifs is 1. The average molecular weight is 416 g/mol. The highest BCUT2D eigenvalue weighted by Crippen LogP contribution is 2.38. The number of nitrogens with one attached hydrogen (secondary N) is 1. The van der Waals surface area contributed by atoms with Crippen LogP contribution in [0.15, 0.2) is 42.6 Å². The second-order valence-corrected chi connectivity index (χ2v) is 6.79. The maximum absolute atomic E-state index is 13.7. The summed E-state index contributed by atoms with van der Waals surface area (Å²) in [4.78, 5) is 33.3. The van der Waals surface area contributed by atoms with Crippen molar-refractivity contribution in [2.45, 2.75) is 26.6 Å². The van der Waals surface area contributed by atoms with Crippen molar-refractivity contribution < 1.29 is 22.8 Å². The zero-order chi connectivity index (χ0) is 22.1. The molecule has 0 aliphatic rings. The maximum atomic E-state index is 13.7. The fraction of sp³-hybridized carbons (Fsp3) is 0.238. The van der Waals surface area contributed by atoms with Crippen LogP contribution in [0.25, 0.3) is 10.9 Å². The van der Waals surface area contributed by atoms with E-state index in [2.05, 4.69) is 15.3 Å². The van der Waals surface area contributed by atoms with Crippen LogP contribution in [0.2, 0.25) is 0 Å². The molecule has 2 aromatic heterocycles. The molecule has 2 amide bonds. The van der Waals surface area contributed by atoms with E-state index in [4.69, 9.17) is 0 Å². The van der Waals surface area contributed by atoms with Gasteiger partial charge in [0.15, 0.2) is 0 Å². The van der Waals surface area contributed by atoms with Gasteiger partial charge in [0.05, 0.1) is 23.3 Å². The van der Waals surface area contributed by atoms with Crippen LogP contribution in [-0.2, 0) is 17.5 Å². The number of anilines is 1. The van der Waals surface area contributed by atoms with Crippen molar-refractivity contribution in [2.75, 3.05) is 11.9 Å². The first-order chi connectivity index (χ1) is 14.1. The molecule has 0 aliphatic carbocycles. The van der Waals surface area contributed by atoms with Gasteiger partial charge in [-0.1, -0.05) is 6.07 Å². The standard InChI is InChI=1S/C21H19F3N4O2/c1-12-8-18(20(30)26-11-14-6-4-5-7-25-14)27-19-16(12)9-15(28(3)13(2)29)10-17(19)21(22,23)24/h4-10H,11H2,1-3H3,(H,26,30). The maximum Gasteiger partial charge on any atom is 0.418 e. The second kappa shape index (κ2) is 8.10. The van der Waals surface area contributed by atoms with Gasteiger partial charge in [-0.3, -0.25) is 14.6 Å². The zero-order valence-corrected chi connectivity index (χ0v) is 16.5. The van der Waals surface area contributed by atoms with E-state index in [1.807, 2.05) is 0 Å². The van der Waals surface area contributed by atoms with Gasteiger partial charge in [-0.2, -0.15) is 13.2 Å². The van der Waals surface area contributed by atoms with Gasteiger partial charge in [-0.05, 0) is 42.8 Å². The second-order valence-electron chi connectivity index (χ2n) is 6.79. The van der Waals surface area contributed by atoms with Gasteiger partial charge in [0, 0.05) is 31.2 Å². The van der Waals surface area contributed by atoms with E-state index in [0.29, 0.717) is 11.3 Å². The highest BCUT2D eigenvalue weighted by molar-refractivity contribution is 5.99. The average Bonchev–Trinajstić information content (AvgIpc) is 2.70. The Bertz CT molecular complexity index is 1110. The summed E-state index contributed by atoms with van der Waals surface area (Å²) >= 11 is 0. The molecular weight excluding hydrogens is 397 g/mol. The van der Waals surface area contributed by atoms with Crippen molar-refractivity contribution >= 4 is 28.4 Å².